The van der Waals surface area contributed by atoms with Crippen molar-refractivity contribution in [2.75, 3.05) is 6.79 Å². The van der Waals surface area contributed by atoms with Crippen molar-refractivity contribution in [3.63, 3.8) is 0 Å². The summed E-state index contributed by atoms with van der Waals surface area (Å²) in [6.07, 6.45) is 5.90. The minimum Gasteiger partial charge on any atom is -0.472 e. The molecule has 1 fully saturated rings. The summed E-state index contributed by atoms with van der Waals surface area (Å²) >= 11 is 0. The van der Waals surface area contributed by atoms with Crippen LogP contribution in [0.15, 0.2) is 41.2 Å². The summed E-state index contributed by atoms with van der Waals surface area (Å²) in [5.41, 5.74) is 1.98. The molecule has 4 rings (SSSR count). The molecule has 0 saturated heterocycles. The molecular weight excluding hydrogens is 282 g/mol. The smallest absolute Gasteiger partial charge is 0.231 e. The summed E-state index contributed by atoms with van der Waals surface area (Å²) in [6.45, 7) is 0.867. The number of furan rings is 1. The molecule has 0 radical (unpaired) electrons. The Kier molecular flexibility index (Phi) is 3.25. The van der Waals surface area contributed by atoms with Crippen LogP contribution < -0.4 is 9.47 Å². The van der Waals surface area contributed by atoms with E-state index in [-0.39, 0.29) is 12.7 Å². The van der Waals surface area contributed by atoms with E-state index in [9.17, 15) is 4.79 Å². The van der Waals surface area contributed by atoms with Crippen molar-refractivity contribution >= 4 is 5.91 Å². The van der Waals surface area contributed by atoms with Crippen LogP contribution in [0.3, 0.4) is 0 Å². The Balaban J connectivity index is 1.47. The summed E-state index contributed by atoms with van der Waals surface area (Å²) in [5, 5.41) is 0. The van der Waals surface area contributed by atoms with E-state index in [0.717, 1.165) is 35.5 Å². The number of ether oxygens (including phenoxy) is 2. The SMILES string of the molecule is O=C(Cc1ccc2c(c1)OCO2)N(Cc1ccoc1)C1CC1. The van der Waals surface area contributed by atoms with E-state index in [1.165, 1.54) is 0 Å². The largest absolute Gasteiger partial charge is 0.472 e. The zero-order chi connectivity index (χ0) is 14.9. The van der Waals surface area contributed by atoms with Gasteiger partial charge in [-0.15, -0.1) is 0 Å². The molecule has 0 atom stereocenters. The number of carbonyl (C=O) groups excluding carboxylic acids is 1. The molecule has 2 aliphatic rings. The van der Waals surface area contributed by atoms with Gasteiger partial charge in [0.1, 0.15) is 0 Å². The zero-order valence-corrected chi connectivity index (χ0v) is 12.2. The lowest BCUT2D eigenvalue weighted by Crippen LogP contribution is -2.33. The predicted octanol–water partition coefficient (Wildman–Crippen LogP) is 2.74. The van der Waals surface area contributed by atoms with E-state index in [0.29, 0.717) is 19.0 Å². The molecule has 1 aliphatic carbocycles. The van der Waals surface area contributed by atoms with Gasteiger partial charge in [0.25, 0.3) is 0 Å². The topological polar surface area (TPSA) is 51.9 Å². The number of hydrogen-bond acceptors (Lipinski definition) is 4. The molecule has 1 aromatic heterocycles. The first-order chi connectivity index (χ1) is 10.8. The minimum atomic E-state index is 0.141. The van der Waals surface area contributed by atoms with Crippen LogP contribution in [0, 0.1) is 0 Å². The van der Waals surface area contributed by atoms with E-state index in [1.807, 2.05) is 29.2 Å². The Hall–Kier alpha value is -2.43. The first-order valence-corrected chi connectivity index (χ1v) is 7.49. The maximum Gasteiger partial charge on any atom is 0.231 e. The second kappa shape index (κ2) is 5.40. The second-order valence-electron chi connectivity index (χ2n) is 5.75. The lowest BCUT2D eigenvalue weighted by atomic mass is 10.1. The molecule has 0 spiro atoms. The fourth-order valence-corrected chi connectivity index (χ4v) is 2.71. The molecule has 5 nitrogen and oxygen atoms in total. The van der Waals surface area contributed by atoms with Crippen molar-refractivity contribution in [1.29, 1.82) is 0 Å². The van der Waals surface area contributed by atoms with Gasteiger partial charge in [-0.2, -0.15) is 0 Å². The number of carbonyl (C=O) groups is 1. The molecule has 5 heteroatoms. The maximum absolute atomic E-state index is 12.6. The zero-order valence-electron chi connectivity index (χ0n) is 12.2. The van der Waals surface area contributed by atoms with Crippen LogP contribution in [0.25, 0.3) is 0 Å². The van der Waals surface area contributed by atoms with Gasteiger partial charge in [-0.1, -0.05) is 6.07 Å². The van der Waals surface area contributed by atoms with Crippen LogP contribution >= 0.6 is 0 Å². The number of hydrogen-bond donors (Lipinski definition) is 0. The summed E-state index contributed by atoms with van der Waals surface area (Å²) in [5.74, 6) is 1.61. The third-order valence-electron chi connectivity index (χ3n) is 4.03. The van der Waals surface area contributed by atoms with Crippen molar-refractivity contribution < 1.29 is 18.7 Å². The molecule has 0 bridgehead atoms. The molecule has 2 aromatic rings. The molecule has 0 N–H and O–H groups in total. The average Bonchev–Trinajstić information content (AvgIpc) is 3.03. The van der Waals surface area contributed by atoms with Crippen LogP contribution in [-0.2, 0) is 17.8 Å². The third kappa shape index (κ3) is 2.66. The Morgan fingerprint density at radius 3 is 2.77 bits per heavy atom. The second-order valence-corrected chi connectivity index (χ2v) is 5.75. The van der Waals surface area contributed by atoms with Gasteiger partial charge in [0.15, 0.2) is 11.5 Å². The fourth-order valence-electron chi connectivity index (χ4n) is 2.71. The van der Waals surface area contributed by atoms with Crippen molar-refractivity contribution in [1.82, 2.24) is 4.90 Å². The van der Waals surface area contributed by atoms with Gasteiger partial charge in [0.05, 0.1) is 18.9 Å². The van der Waals surface area contributed by atoms with Gasteiger partial charge in [0.2, 0.25) is 12.7 Å². The first kappa shape index (κ1) is 13.2. The number of benzene rings is 1. The summed E-state index contributed by atoms with van der Waals surface area (Å²) in [7, 11) is 0. The van der Waals surface area contributed by atoms with Gasteiger partial charge in [-0.05, 0) is 36.6 Å². The molecule has 114 valence electrons. The van der Waals surface area contributed by atoms with E-state index in [1.54, 1.807) is 12.5 Å². The fraction of sp³-hybridized carbons (Fsp3) is 0.353. The van der Waals surface area contributed by atoms with Gasteiger partial charge in [-0.25, -0.2) is 0 Å². The highest BCUT2D eigenvalue weighted by molar-refractivity contribution is 5.79. The van der Waals surface area contributed by atoms with E-state index >= 15 is 0 Å². The molecule has 1 aromatic carbocycles. The molecule has 0 unspecified atom stereocenters. The highest BCUT2D eigenvalue weighted by atomic mass is 16.7. The summed E-state index contributed by atoms with van der Waals surface area (Å²) in [6, 6.07) is 7.96. The Bertz CT molecular complexity index is 676. The van der Waals surface area contributed by atoms with Crippen molar-refractivity contribution in [3.8, 4) is 11.5 Å². The van der Waals surface area contributed by atoms with E-state index in [2.05, 4.69) is 0 Å². The molecule has 2 heterocycles. The normalized spacial score (nSPS) is 15.8. The Morgan fingerprint density at radius 2 is 2.00 bits per heavy atom. The van der Waals surface area contributed by atoms with Gasteiger partial charge < -0.3 is 18.8 Å². The monoisotopic (exact) mass is 299 g/mol. The minimum absolute atomic E-state index is 0.141. The van der Waals surface area contributed by atoms with E-state index in [4.69, 9.17) is 13.9 Å². The lowest BCUT2D eigenvalue weighted by Gasteiger charge is -2.22. The molecule has 1 aliphatic heterocycles. The third-order valence-corrected chi connectivity index (χ3v) is 4.03. The van der Waals surface area contributed by atoms with Gasteiger partial charge in [-0.3, -0.25) is 4.79 Å². The quantitative estimate of drug-likeness (QED) is 0.852. The number of rotatable bonds is 5. The maximum atomic E-state index is 12.6. The lowest BCUT2D eigenvalue weighted by molar-refractivity contribution is -0.131. The van der Waals surface area contributed by atoms with Crippen LogP contribution in [0.4, 0.5) is 0 Å². The molecule has 22 heavy (non-hydrogen) atoms. The van der Waals surface area contributed by atoms with Crippen molar-refractivity contribution in [3.05, 3.63) is 47.9 Å². The molecule has 1 amide bonds. The molecular formula is C17H17NO4. The summed E-state index contributed by atoms with van der Waals surface area (Å²) in [4.78, 5) is 14.6. The highest BCUT2D eigenvalue weighted by Gasteiger charge is 2.32. The van der Waals surface area contributed by atoms with E-state index < -0.39 is 0 Å². The van der Waals surface area contributed by atoms with Crippen molar-refractivity contribution in [2.24, 2.45) is 0 Å². The Labute approximate surface area is 128 Å². The van der Waals surface area contributed by atoms with Gasteiger partial charge >= 0.3 is 0 Å². The average molecular weight is 299 g/mol. The van der Waals surface area contributed by atoms with Crippen LogP contribution in [-0.4, -0.2) is 23.6 Å². The van der Waals surface area contributed by atoms with Crippen LogP contribution in [0.2, 0.25) is 0 Å². The van der Waals surface area contributed by atoms with Crippen LogP contribution in [0.1, 0.15) is 24.0 Å². The number of nitrogens with zero attached hydrogens (tertiary/aromatic N) is 1. The standard InChI is InChI=1S/C17H17NO4/c19-17(8-12-1-4-15-16(7-12)22-11-21-15)18(14-2-3-14)9-13-5-6-20-10-13/h1,4-7,10,14H,2-3,8-9,11H2. The number of amides is 1. The molecule has 1 saturated carbocycles. The van der Waals surface area contributed by atoms with Crippen molar-refractivity contribution in [2.45, 2.75) is 31.8 Å². The van der Waals surface area contributed by atoms with Gasteiger partial charge in [0, 0.05) is 18.2 Å². The predicted molar refractivity (Wildman–Crippen MR) is 78.5 cm³/mol. The summed E-state index contributed by atoms with van der Waals surface area (Å²) < 4.78 is 15.8. The highest BCUT2D eigenvalue weighted by Crippen LogP contribution is 2.33. The Morgan fingerprint density at radius 1 is 1.14 bits per heavy atom. The first-order valence-electron chi connectivity index (χ1n) is 7.49. The number of fused-ring (bicyclic) bond motifs is 1. The van der Waals surface area contributed by atoms with Crippen LogP contribution in [0.5, 0.6) is 11.5 Å².